The van der Waals surface area contributed by atoms with Crippen molar-refractivity contribution < 1.29 is 30.3 Å². The second-order valence-corrected chi connectivity index (χ2v) is 7.86. The van der Waals surface area contributed by atoms with Gasteiger partial charge in [0.05, 0.1) is 6.61 Å². The summed E-state index contributed by atoms with van der Waals surface area (Å²) in [6.45, 7) is -0.762. The molecule has 0 aliphatic heterocycles. The van der Waals surface area contributed by atoms with E-state index in [1.54, 1.807) is 0 Å². The number of rotatable bonds is 6. The fourth-order valence-corrected chi connectivity index (χ4v) is 5.28. The van der Waals surface area contributed by atoms with Crippen LogP contribution in [0.15, 0.2) is 0 Å². The molecule has 0 aromatic heterocycles. The van der Waals surface area contributed by atoms with Crippen molar-refractivity contribution in [2.75, 3.05) is 6.61 Å². The third-order valence-corrected chi connectivity index (χ3v) is 5.95. The summed E-state index contributed by atoms with van der Waals surface area (Å²) >= 11 is 0. The molecule has 0 saturated heterocycles. The highest BCUT2D eigenvalue weighted by Crippen LogP contribution is 2.55. The highest BCUT2D eigenvalue weighted by atomic mass is 16.4. The number of hydrogen-bond acceptors (Lipinski definition) is 6. The van der Waals surface area contributed by atoms with Crippen LogP contribution in [0.25, 0.3) is 0 Å². The number of nitrogens with one attached hydrogen (secondary N) is 1. The molecule has 4 aliphatic rings. The van der Waals surface area contributed by atoms with Crippen LogP contribution < -0.4 is 5.32 Å². The van der Waals surface area contributed by atoms with Gasteiger partial charge in [0.2, 0.25) is 0 Å². The molecule has 4 rings (SSSR count). The van der Waals surface area contributed by atoms with Gasteiger partial charge in [-0.2, -0.15) is 0 Å². The molecule has 6 N–H and O–H groups in total. The van der Waals surface area contributed by atoms with E-state index in [4.69, 9.17) is 5.11 Å². The van der Waals surface area contributed by atoms with Gasteiger partial charge in [-0.1, -0.05) is 0 Å². The molecule has 0 unspecified atom stereocenters. The summed E-state index contributed by atoms with van der Waals surface area (Å²) in [5.74, 6) is 1.17. The predicted octanol–water partition coefficient (Wildman–Crippen LogP) is -1.49. The van der Waals surface area contributed by atoms with Crippen molar-refractivity contribution in [2.24, 2.45) is 17.8 Å². The topological polar surface area (TPSA) is 130 Å². The predicted molar refractivity (Wildman–Crippen MR) is 80.2 cm³/mol. The van der Waals surface area contributed by atoms with Gasteiger partial charge in [-0.05, 0) is 56.3 Å². The van der Waals surface area contributed by atoms with Crippen molar-refractivity contribution in [3.05, 3.63) is 0 Å². The van der Waals surface area contributed by atoms with Crippen LogP contribution in [-0.2, 0) is 4.79 Å². The number of carbonyl (C=O) groups is 1. The van der Waals surface area contributed by atoms with Crippen molar-refractivity contribution >= 4 is 5.91 Å². The lowest BCUT2D eigenvalue weighted by atomic mass is 9.53. The van der Waals surface area contributed by atoms with Crippen molar-refractivity contribution in [3.63, 3.8) is 0 Å². The summed E-state index contributed by atoms with van der Waals surface area (Å²) in [7, 11) is 0. The normalized spacial score (nSPS) is 40.5. The van der Waals surface area contributed by atoms with Gasteiger partial charge >= 0.3 is 0 Å². The van der Waals surface area contributed by atoms with E-state index in [9.17, 15) is 25.2 Å². The van der Waals surface area contributed by atoms with Gasteiger partial charge in [-0.15, -0.1) is 0 Å². The van der Waals surface area contributed by atoms with Crippen molar-refractivity contribution in [1.82, 2.24) is 5.32 Å². The van der Waals surface area contributed by atoms with Gasteiger partial charge < -0.3 is 30.8 Å². The number of aliphatic hydroxyl groups excluding tert-OH is 5. The van der Waals surface area contributed by atoms with E-state index >= 15 is 0 Å². The van der Waals surface area contributed by atoms with Crippen molar-refractivity contribution in [3.8, 4) is 0 Å². The number of hydrogen-bond donors (Lipinski definition) is 6. The Bertz CT molecular complexity index is 421. The lowest BCUT2D eigenvalue weighted by Gasteiger charge is -2.57. The quantitative estimate of drug-likeness (QED) is 0.352. The maximum atomic E-state index is 12.3. The third-order valence-electron chi connectivity index (χ3n) is 5.95. The first-order chi connectivity index (χ1) is 10.8. The minimum Gasteiger partial charge on any atom is -0.394 e. The highest BCUT2D eigenvalue weighted by Gasteiger charge is 2.52. The van der Waals surface area contributed by atoms with Gasteiger partial charge in [0.1, 0.15) is 18.3 Å². The maximum absolute atomic E-state index is 12.3. The molecule has 1 amide bonds. The minimum absolute atomic E-state index is 0.299. The third kappa shape index (κ3) is 3.25. The molecule has 4 aliphatic carbocycles. The standard InChI is InChI=1S/C16H27NO6/c18-7-11(19)12(20)13(21)14(22)15(23)17-16-4-8-1-9(5-16)3-10(2-8)6-16/h8-14,18-22H,1-7H2,(H,17,23)/t8?,9?,10?,11-,12-,13-,14-,16?/m1/s1. The lowest BCUT2D eigenvalue weighted by molar-refractivity contribution is -0.153. The minimum atomic E-state index is -1.84. The molecule has 0 radical (unpaired) electrons. The largest absolute Gasteiger partial charge is 0.394 e. The lowest BCUT2D eigenvalue weighted by Crippen LogP contribution is -2.63. The smallest absolute Gasteiger partial charge is 0.252 e. The Morgan fingerprint density at radius 1 is 0.957 bits per heavy atom. The number of aliphatic hydroxyl groups is 5. The molecule has 0 heterocycles. The van der Waals surface area contributed by atoms with E-state index in [0.717, 1.165) is 19.3 Å². The van der Waals surface area contributed by atoms with E-state index in [0.29, 0.717) is 17.8 Å². The van der Waals surface area contributed by atoms with Crippen LogP contribution in [0.5, 0.6) is 0 Å². The second kappa shape index (κ2) is 6.29. The summed E-state index contributed by atoms with van der Waals surface area (Å²) in [4.78, 5) is 12.3. The maximum Gasteiger partial charge on any atom is 0.252 e. The molecular formula is C16H27NO6. The molecule has 4 saturated carbocycles. The number of carbonyl (C=O) groups excluding carboxylic acids is 1. The summed E-state index contributed by atoms with van der Waals surface area (Å²) in [6.07, 6.45) is -0.653. The van der Waals surface area contributed by atoms with Crippen LogP contribution in [0, 0.1) is 17.8 Å². The van der Waals surface area contributed by atoms with E-state index in [-0.39, 0.29) is 5.54 Å². The summed E-state index contributed by atoms with van der Waals surface area (Å²) in [5, 5.41) is 50.5. The van der Waals surface area contributed by atoms with Crippen LogP contribution in [-0.4, -0.2) is 68.0 Å². The average Bonchev–Trinajstić information content (AvgIpc) is 2.50. The molecule has 0 aromatic carbocycles. The monoisotopic (exact) mass is 329 g/mol. The molecule has 0 spiro atoms. The summed E-state index contributed by atoms with van der Waals surface area (Å²) < 4.78 is 0. The Balaban J connectivity index is 1.62. The molecule has 4 bridgehead atoms. The zero-order valence-electron chi connectivity index (χ0n) is 13.1. The van der Waals surface area contributed by atoms with Crippen LogP contribution >= 0.6 is 0 Å². The van der Waals surface area contributed by atoms with Crippen LogP contribution in [0.2, 0.25) is 0 Å². The number of amides is 1. The molecular weight excluding hydrogens is 302 g/mol. The Hall–Kier alpha value is -0.730. The van der Waals surface area contributed by atoms with Gasteiger partial charge in [0, 0.05) is 5.54 Å². The zero-order chi connectivity index (χ0) is 16.8. The highest BCUT2D eigenvalue weighted by molar-refractivity contribution is 5.82. The van der Waals surface area contributed by atoms with Crippen LogP contribution in [0.1, 0.15) is 38.5 Å². The van der Waals surface area contributed by atoms with Gasteiger partial charge in [-0.3, -0.25) is 4.79 Å². The summed E-state index contributed by atoms with van der Waals surface area (Å²) in [6, 6.07) is 0. The van der Waals surface area contributed by atoms with Crippen LogP contribution in [0.4, 0.5) is 0 Å². The fraction of sp³-hybridized carbons (Fsp3) is 0.938. The van der Waals surface area contributed by atoms with Crippen LogP contribution in [0.3, 0.4) is 0 Å². The molecule has 0 aromatic rings. The zero-order valence-corrected chi connectivity index (χ0v) is 13.1. The first kappa shape index (κ1) is 17.1. The molecule has 23 heavy (non-hydrogen) atoms. The second-order valence-electron chi connectivity index (χ2n) is 7.86. The van der Waals surface area contributed by atoms with E-state index in [1.165, 1.54) is 19.3 Å². The van der Waals surface area contributed by atoms with Crippen molar-refractivity contribution in [1.29, 1.82) is 0 Å². The molecule has 7 heteroatoms. The van der Waals surface area contributed by atoms with E-state index < -0.39 is 36.9 Å². The van der Waals surface area contributed by atoms with Crippen molar-refractivity contribution in [2.45, 2.75) is 68.5 Å². The van der Waals surface area contributed by atoms with Gasteiger partial charge in [-0.25, -0.2) is 0 Å². The average molecular weight is 329 g/mol. The van der Waals surface area contributed by atoms with E-state index in [1.807, 2.05) is 0 Å². The molecule has 4 atom stereocenters. The Morgan fingerprint density at radius 3 is 1.87 bits per heavy atom. The fourth-order valence-electron chi connectivity index (χ4n) is 5.28. The Labute approximate surface area is 135 Å². The van der Waals surface area contributed by atoms with Gasteiger partial charge in [0.25, 0.3) is 5.91 Å². The van der Waals surface area contributed by atoms with E-state index in [2.05, 4.69) is 5.32 Å². The SMILES string of the molecule is O=C(NC12CC3CC(CC(C3)C1)C2)[C@H](O)[C@H](O)[C@H](O)[C@H](O)CO. The first-order valence-corrected chi connectivity index (χ1v) is 8.48. The molecule has 4 fully saturated rings. The Kier molecular flexibility index (Phi) is 4.68. The Morgan fingerprint density at radius 2 is 1.43 bits per heavy atom. The van der Waals surface area contributed by atoms with Gasteiger partial charge in [0.15, 0.2) is 6.10 Å². The summed E-state index contributed by atoms with van der Waals surface area (Å²) in [5.41, 5.74) is -0.299. The molecule has 132 valence electrons. The first-order valence-electron chi connectivity index (χ1n) is 8.48. The molecule has 7 nitrogen and oxygen atoms in total.